The number of ether oxygens (including phenoxy) is 1. The van der Waals surface area contributed by atoms with E-state index in [-0.39, 0.29) is 10.6 Å². The number of nitriles is 1. The molecule has 0 aliphatic carbocycles. The van der Waals surface area contributed by atoms with Crippen molar-refractivity contribution < 1.29 is 13.2 Å². The molecule has 7 heteroatoms. The van der Waals surface area contributed by atoms with Crippen LogP contribution >= 0.6 is 0 Å². The molecule has 0 amide bonds. The fourth-order valence-electron chi connectivity index (χ4n) is 2.43. The summed E-state index contributed by atoms with van der Waals surface area (Å²) in [6, 6.07) is 17.5. The zero-order valence-electron chi connectivity index (χ0n) is 13.7. The second kappa shape index (κ2) is 6.42. The van der Waals surface area contributed by atoms with Crippen LogP contribution in [-0.4, -0.2) is 31.6 Å². The predicted molar refractivity (Wildman–Crippen MR) is 93.4 cm³/mol. The van der Waals surface area contributed by atoms with Gasteiger partial charge in [-0.25, -0.2) is 13.1 Å². The van der Waals surface area contributed by atoms with E-state index in [0.29, 0.717) is 5.69 Å². The van der Waals surface area contributed by atoms with E-state index in [2.05, 4.69) is 5.10 Å². The highest BCUT2D eigenvalue weighted by atomic mass is 32.2. The Morgan fingerprint density at radius 3 is 2.24 bits per heavy atom. The Labute approximate surface area is 145 Å². The molecule has 0 spiro atoms. The fourth-order valence-corrected chi connectivity index (χ4v) is 3.06. The largest absolute Gasteiger partial charge is 0.497 e. The molecular weight excluding hydrogens is 338 g/mol. The summed E-state index contributed by atoms with van der Waals surface area (Å²) in [4.78, 5) is 0.243. The van der Waals surface area contributed by atoms with E-state index in [9.17, 15) is 13.7 Å². The molecule has 0 fully saturated rings. The van der Waals surface area contributed by atoms with Gasteiger partial charge in [0.1, 0.15) is 11.8 Å². The highest BCUT2D eigenvalue weighted by Gasteiger charge is 2.13. The van der Waals surface area contributed by atoms with E-state index < -0.39 is 9.84 Å². The maximum absolute atomic E-state index is 11.6. The maximum atomic E-state index is 11.6. The number of aromatic nitrogens is 2. The van der Waals surface area contributed by atoms with Crippen LogP contribution in [-0.2, 0) is 9.84 Å². The van der Waals surface area contributed by atoms with Gasteiger partial charge in [-0.2, -0.15) is 10.4 Å². The lowest BCUT2D eigenvalue weighted by atomic mass is 10.1. The standard InChI is InChI=1S/C18H15N3O3S/c1-24-16-7-5-15(6-8-16)21-18(11-14(12-19)20-21)13-3-9-17(10-4-13)25(2,22)23/h3-11H,1-2H3. The van der Waals surface area contributed by atoms with Gasteiger partial charge in [-0.05, 0) is 36.4 Å². The van der Waals surface area contributed by atoms with Gasteiger partial charge in [-0.15, -0.1) is 0 Å². The summed E-state index contributed by atoms with van der Waals surface area (Å²) in [5.41, 5.74) is 2.50. The zero-order valence-corrected chi connectivity index (χ0v) is 14.5. The van der Waals surface area contributed by atoms with Crippen LogP contribution in [0.4, 0.5) is 0 Å². The average Bonchev–Trinajstić information content (AvgIpc) is 3.05. The van der Waals surface area contributed by atoms with Crippen LogP contribution in [0.1, 0.15) is 5.69 Å². The van der Waals surface area contributed by atoms with Gasteiger partial charge in [0.15, 0.2) is 15.5 Å². The smallest absolute Gasteiger partial charge is 0.175 e. The monoisotopic (exact) mass is 353 g/mol. The first-order chi connectivity index (χ1) is 11.9. The van der Waals surface area contributed by atoms with E-state index in [4.69, 9.17) is 4.74 Å². The Morgan fingerprint density at radius 1 is 1.08 bits per heavy atom. The summed E-state index contributed by atoms with van der Waals surface area (Å²) in [6.45, 7) is 0. The third-order valence-electron chi connectivity index (χ3n) is 3.72. The quantitative estimate of drug-likeness (QED) is 0.720. The van der Waals surface area contributed by atoms with Gasteiger partial charge in [-0.1, -0.05) is 12.1 Å². The van der Waals surface area contributed by atoms with Crippen LogP contribution in [0.25, 0.3) is 16.9 Å². The van der Waals surface area contributed by atoms with Crippen LogP contribution in [0.15, 0.2) is 59.5 Å². The molecule has 3 rings (SSSR count). The lowest BCUT2D eigenvalue weighted by Crippen LogP contribution is -2.00. The lowest BCUT2D eigenvalue weighted by molar-refractivity contribution is 0.414. The van der Waals surface area contributed by atoms with Crippen molar-refractivity contribution in [3.63, 3.8) is 0 Å². The number of methoxy groups -OCH3 is 1. The second-order valence-electron chi connectivity index (χ2n) is 5.43. The Morgan fingerprint density at radius 2 is 1.72 bits per heavy atom. The van der Waals surface area contributed by atoms with Crippen LogP contribution < -0.4 is 4.74 Å². The normalized spacial score (nSPS) is 11.1. The van der Waals surface area contributed by atoms with Gasteiger partial charge < -0.3 is 4.74 Å². The van der Waals surface area contributed by atoms with E-state index in [1.807, 2.05) is 18.2 Å². The second-order valence-corrected chi connectivity index (χ2v) is 7.45. The highest BCUT2D eigenvalue weighted by molar-refractivity contribution is 7.90. The first-order valence-electron chi connectivity index (χ1n) is 7.37. The highest BCUT2D eigenvalue weighted by Crippen LogP contribution is 2.26. The van der Waals surface area contributed by atoms with Gasteiger partial charge >= 0.3 is 0 Å². The summed E-state index contributed by atoms with van der Waals surface area (Å²) in [5, 5.41) is 13.5. The van der Waals surface area contributed by atoms with Gasteiger partial charge in [0, 0.05) is 17.9 Å². The number of rotatable bonds is 4. The molecule has 126 valence electrons. The Balaban J connectivity index is 2.10. The molecule has 2 aromatic carbocycles. The summed E-state index contributed by atoms with van der Waals surface area (Å²) in [6.07, 6.45) is 1.16. The zero-order chi connectivity index (χ0) is 18.0. The van der Waals surface area contributed by atoms with Crippen molar-refractivity contribution in [3.8, 4) is 28.8 Å². The predicted octanol–water partition coefficient (Wildman–Crippen LogP) is 2.82. The van der Waals surface area contributed by atoms with Crippen molar-refractivity contribution in [2.45, 2.75) is 4.90 Å². The van der Waals surface area contributed by atoms with Crippen LogP contribution in [0.2, 0.25) is 0 Å². The van der Waals surface area contributed by atoms with Crippen LogP contribution in [0.5, 0.6) is 5.75 Å². The van der Waals surface area contributed by atoms with E-state index in [0.717, 1.165) is 23.3 Å². The molecule has 0 radical (unpaired) electrons. The molecule has 0 unspecified atom stereocenters. The topological polar surface area (TPSA) is 85.0 Å². The van der Waals surface area contributed by atoms with Crippen LogP contribution in [0, 0.1) is 11.3 Å². The molecule has 0 aliphatic rings. The molecule has 0 bridgehead atoms. The molecule has 0 saturated heterocycles. The molecule has 0 N–H and O–H groups in total. The van der Waals surface area contributed by atoms with Crippen molar-refractivity contribution in [1.82, 2.24) is 9.78 Å². The third kappa shape index (κ3) is 3.39. The number of hydrogen-bond donors (Lipinski definition) is 0. The average molecular weight is 353 g/mol. The fraction of sp³-hybridized carbons (Fsp3) is 0.111. The minimum atomic E-state index is -3.26. The van der Waals surface area contributed by atoms with Crippen LogP contribution in [0.3, 0.4) is 0 Å². The molecule has 1 heterocycles. The maximum Gasteiger partial charge on any atom is 0.175 e. The molecule has 0 atom stereocenters. The Hall–Kier alpha value is -3.11. The first kappa shape index (κ1) is 16.7. The SMILES string of the molecule is COc1ccc(-n2nc(C#N)cc2-c2ccc(S(C)(=O)=O)cc2)cc1. The summed E-state index contributed by atoms with van der Waals surface area (Å²) in [5.74, 6) is 0.718. The Bertz CT molecular complexity index is 1040. The third-order valence-corrected chi connectivity index (χ3v) is 4.85. The molecule has 6 nitrogen and oxygen atoms in total. The van der Waals surface area contributed by atoms with E-state index in [1.54, 1.807) is 54.3 Å². The number of nitrogens with zero attached hydrogens (tertiary/aromatic N) is 3. The van der Waals surface area contributed by atoms with Gasteiger partial charge in [0.05, 0.1) is 23.4 Å². The van der Waals surface area contributed by atoms with Crippen molar-refractivity contribution in [1.29, 1.82) is 5.26 Å². The number of hydrogen-bond acceptors (Lipinski definition) is 5. The molecule has 25 heavy (non-hydrogen) atoms. The van der Waals surface area contributed by atoms with Gasteiger partial charge in [-0.3, -0.25) is 0 Å². The van der Waals surface area contributed by atoms with Gasteiger partial charge in [0.2, 0.25) is 0 Å². The van der Waals surface area contributed by atoms with E-state index in [1.165, 1.54) is 0 Å². The number of sulfone groups is 1. The minimum Gasteiger partial charge on any atom is -0.497 e. The summed E-state index contributed by atoms with van der Waals surface area (Å²) >= 11 is 0. The molecule has 0 aliphatic heterocycles. The molecule has 1 aromatic heterocycles. The lowest BCUT2D eigenvalue weighted by Gasteiger charge is -2.09. The molecule has 3 aromatic rings. The molecule has 0 saturated carbocycles. The molecular formula is C18H15N3O3S. The number of benzene rings is 2. The van der Waals surface area contributed by atoms with Crippen molar-refractivity contribution >= 4 is 9.84 Å². The van der Waals surface area contributed by atoms with Gasteiger partial charge in [0.25, 0.3) is 0 Å². The van der Waals surface area contributed by atoms with Crippen molar-refractivity contribution in [2.75, 3.05) is 13.4 Å². The summed E-state index contributed by atoms with van der Waals surface area (Å²) in [7, 11) is -1.67. The minimum absolute atomic E-state index is 0.243. The van der Waals surface area contributed by atoms with E-state index >= 15 is 0 Å². The summed E-state index contributed by atoms with van der Waals surface area (Å²) < 4.78 is 30.0. The first-order valence-corrected chi connectivity index (χ1v) is 9.26. The Kier molecular flexibility index (Phi) is 4.30. The van der Waals surface area contributed by atoms with Crippen molar-refractivity contribution in [3.05, 3.63) is 60.3 Å². The van der Waals surface area contributed by atoms with Crippen molar-refractivity contribution in [2.24, 2.45) is 0 Å².